The molecular weight excluding hydrogens is 271 g/mol. The van der Waals surface area contributed by atoms with Gasteiger partial charge in [0, 0.05) is 19.8 Å². The summed E-state index contributed by atoms with van der Waals surface area (Å²) in [5.74, 6) is -0.195. The molecule has 0 bridgehead atoms. The summed E-state index contributed by atoms with van der Waals surface area (Å²) in [6.07, 6.45) is 2.72. The monoisotopic (exact) mass is 292 g/mol. The lowest BCUT2D eigenvalue weighted by molar-refractivity contribution is -0.136. The van der Waals surface area contributed by atoms with Crippen molar-refractivity contribution in [3.8, 4) is 0 Å². The van der Waals surface area contributed by atoms with Crippen LogP contribution in [0.15, 0.2) is 18.2 Å². The summed E-state index contributed by atoms with van der Waals surface area (Å²) in [5.41, 5.74) is 6.96. The molecule has 1 heterocycles. The smallest absolute Gasteiger partial charge is 0.228 e. The predicted octanol–water partition coefficient (Wildman–Crippen LogP) is 1.68. The minimum atomic E-state index is -0.533. The van der Waals surface area contributed by atoms with Crippen LogP contribution < -0.4 is 11.1 Å². The number of nitrogens with two attached hydrogens (primary N) is 1. The largest absolute Gasteiger partial charge is 0.381 e. The zero-order valence-electron chi connectivity index (χ0n) is 12.0. The number of hydrogen-bond acceptors (Lipinski definition) is 3. The second-order valence-corrected chi connectivity index (χ2v) is 5.97. The van der Waals surface area contributed by atoms with Crippen molar-refractivity contribution in [2.75, 3.05) is 19.8 Å². The third-order valence-corrected chi connectivity index (χ3v) is 4.84. The molecule has 5 heteroatoms. The minimum absolute atomic E-state index is 0.0181. The van der Waals surface area contributed by atoms with E-state index in [0.29, 0.717) is 39.0 Å². The molecule has 0 radical (unpaired) electrons. The quantitative estimate of drug-likeness (QED) is 0.891. The summed E-state index contributed by atoms with van der Waals surface area (Å²) in [6, 6.07) is 4.97. The first kappa shape index (κ1) is 14.5. The summed E-state index contributed by atoms with van der Waals surface area (Å²) < 4.78 is 19.1. The molecule has 0 aromatic heterocycles. The Morgan fingerprint density at radius 3 is 2.90 bits per heavy atom. The number of amides is 1. The number of hydrogen-bond donors (Lipinski definition) is 2. The lowest BCUT2D eigenvalue weighted by Crippen LogP contribution is -2.49. The fraction of sp³-hybridized carbons (Fsp3) is 0.562. The molecule has 21 heavy (non-hydrogen) atoms. The maximum absolute atomic E-state index is 13.7. The summed E-state index contributed by atoms with van der Waals surface area (Å²) >= 11 is 0. The van der Waals surface area contributed by atoms with Crippen LogP contribution in [0.4, 0.5) is 4.39 Å². The van der Waals surface area contributed by atoms with Gasteiger partial charge in [-0.05, 0) is 42.9 Å². The van der Waals surface area contributed by atoms with Gasteiger partial charge in [0.15, 0.2) is 0 Å². The van der Waals surface area contributed by atoms with Crippen LogP contribution >= 0.6 is 0 Å². The lowest BCUT2D eigenvalue weighted by Gasteiger charge is -2.35. The normalized spacial score (nSPS) is 23.6. The van der Waals surface area contributed by atoms with E-state index in [9.17, 15) is 9.18 Å². The number of carbonyl (C=O) groups excluding carboxylic acids is 1. The van der Waals surface area contributed by atoms with Crippen molar-refractivity contribution in [3.05, 3.63) is 35.1 Å². The second-order valence-electron chi connectivity index (χ2n) is 5.97. The highest BCUT2D eigenvalue weighted by Crippen LogP contribution is 2.35. The van der Waals surface area contributed by atoms with Gasteiger partial charge >= 0.3 is 0 Å². The van der Waals surface area contributed by atoms with E-state index >= 15 is 0 Å². The molecule has 1 unspecified atom stereocenters. The van der Waals surface area contributed by atoms with Crippen LogP contribution in [-0.2, 0) is 16.0 Å². The van der Waals surface area contributed by atoms with Crippen molar-refractivity contribution in [3.63, 3.8) is 0 Å². The van der Waals surface area contributed by atoms with Crippen LogP contribution in [0.25, 0.3) is 0 Å². The Labute approximate surface area is 123 Å². The van der Waals surface area contributed by atoms with E-state index in [2.05, 4.69) is 5.32 Å². The van der Waals surface area contributed by atoms with E-state index in [1.165, 1.54) is 6.07 Å². The van der Waals surface area contributed by atoms with Gasteiger partial charge in [-0.1, -0.05) is 12.1 Å². The van der Waals surface area contributed by atoms with Crippen molar-refractivity contribution in [2.45, 2.75) is 31.7 Å². The summed E-state index contributed by atoms with van der Waals surface area (Å²) in [5, 5.41) is 3.08. The van der Waals surface area contributed by atoms with Crippen LogP contribution in [0.1, 0.15) is 36.4 Å². The molecule has 0 saturated carbocycles. The molecule has 1 fully saturated rings. The molecule has 1 aliphatic heterocycles. The van der Waals surface area contributed by atoms with E-state index in [-0.39, 0.29) is 17.8 Å². The molecule has 1 aliphatic carbocycles. The van der Waals surface area contributed by atoms with Crippen molar-refractivity contribution in [1.29, 1.82) is 0 Å². The average Bonchev–Trinajstić information content (AvgIpc) is 2.92. The molecule has 3 N–H and O–H groups in total. The maximum Gasteiger partial charge on any atom is 0.228 e. The number of carbonyl (C=O) groups is 1. The molecule has 114 valence electrons. The highest BCUT2D eigenvalue weighted by molar-refractivity contribution is 5.83. The van der Waals surface area contributed by atoms with Crippen molar-refractivity contribution >= 4 is 5.91 Å². The molecule has 1 saturated heterocycles. The third-order valence-electron chi connectivity index (χ3n) is 4.84. The van der Waals surface area contributed by atoms with Gasteiger partial charge in [-0.25, -0.2) is 4.39 Å². The van der Waals surface area contributed by atoms with Gasteiger partial charge in [0.05, 0.1) is 11.5 Å². The second kappa shape index (κ2) is 5.73. The molecule has 1 aromatic carbocycles. The Kier molecular flexibility index (Phi) is 3.95. The van der Waals surface area contributed by atoms with E-state index < -0.39 is 5.41 Å². The van der Waals surface area contributed by atoms with Gasteiger partial charge in [0.25, 0.3) is 0 Å². The maximum atomic E-state index is 13.7. The molecule has 1 atom stereocenters. The molecule has 3 rings (SSSR count). The fourth-order valence-electron chi connectivity index (χ4n) is 3.36. The zero-order valence-corrected chi connectivity index (χ0v) is 12.0. The Morgan fingerprint density at radius 1 is 1.43 bits per heavy atom. The topological polar surface area (TPSA) is 64.4 Å². The van der Waals surface area contributed by atoms with E-state index in [0.717, 1.165) is 17.5 Å². The first-order valence-corrected chi connectivity index (χ1v) is 7.52. The van der Waals surface area contributed by atoms with Crippen LogP contribution in [0.5, 0.6) is 0 Å². The average molecular weight is 292 g/mol. The highest BCUT2D eigenvalue weighted by atomic mass is 19.1. The predicted molar refractivity (Wildman–Crippen MR) is 77.1 cm³/mol. The molecule has 1 amide bonds. The SMILES string of the molecule is NCC1(C(=O)NC2CCc3c(F)cccc32)CCOCC1. The van der Waals surface area contributed by atoms with Crippen molar-refractivity contribution in [1.82, 2.24) is 5.32 Å². The zero-order chi connectivity index (χ0) is 14.9. The summed E-state index contributed by atoms with van der Waals surface area (Å²) in [7, 11) is 0. The summed E-state index contributed by atoms with van der Waals surface area (Å²) in [4.78, 5) is 12.7. The van der Waals surface area contributed by atoms with Crippen LogP contribution in [0.3, 0.4) is 0 Å². The van der Waals surface area contributed by atoms with Crippen LogP contribution in [0, 0.1) is 11.2 Å². The minimum Gasteiger partial charge on any atom is -0.381 e. The number of halogens is 1. The Hall–Kier alpha value is -1.46. The first-order valence-electron chi connectivity index (χ1n) is 7.52. The Balaban J connectivity index is 1.76. The first-order chi connectivity index (χ1) is 10.2. The van der Waals surface area contributed by atoms with Gasteiger partial charge in [-0.15, -0.1) is 0 Å². The molecular formula is C16H21FN2O2. The Morgan fingerprint density at radius 2 is 2.19 bits per heavy atom. The number of fused-ring (bicyclic) bond motifs is 1. The molecule has 4 nitrogen and oxygen atoms in total. The third kappa shape index (κ3) is 2.56. The molecule has 2 aliphatic rings. The van der Waals surface area contributed by atoms with Crippen molar-refractivity contribution in [2.24, 2.45) is 11.1 Å². The number of ether oxygens (including phenoxy) is 1. The van der Waals surface area contributed by atoms with E-state index in [1.54, 1.807) is 6.07 Å². The summed E-state index contributed by atoms with van der Waals surface area (Å²) in [6.45, 7) is 1.46. The van der Waals surface area contributed by atoms with Gasteiger partial charge < -0.3 is 15.8 Å². The van der Waals surface area contributed by atoms with Gasteiger partial charge in [0.1, 0.15) is 5.82 Å². The van der Waals surface area contributed by atoms with Gasteiger partial charge in [-0.3, -0.25) is 4.79 Å². The van der Waals surface area contributed by atoms with E-state index in [1.807, 2.05) is 6.07 Å². The van der Waals surface area contributed by atoms with Crippen LogP contribution in [0.2, 0.25) is 0 Å². The number of nitrogens with one attached hydrogen (secondary N) is 1. The van der Waals surface area contributed by atoms with Gasteiger partial charge in [-0.2, -0.15) is 0 Å². The van der Waals surface area contributed by atoms with E-state index in [4.69, 9.17) is 10.5 Å². The number of rotatable bonds is 3. The highest BCUT2D eigenvalue weighted by Gasteiger charge is 2.40. The van der Waals surface area contributed by atoms with Crippen LogP contribution in [-0.4, -0.2) is 25.7 Å². The van der Waals surface area contributed by atoms with Gasteiger partial charge in [0.2, 0.25) is 5.91 Å². The number of benzene rings is 1. The lowest BCUT2D eigenvalue weighted by atomic mass is 9.79. The Bertz CT molecular complexity index is 541. The van der Waals surface area contributed by atoms with Crippen molar-refractivity contribution < 1.29 is 13.9 Å². The fourth-order valence-corrected chi connectivity index (χ4v) is 3.36. The molecule has 0 spiro atoms. The molecule has 1 aromatic rings. The standard InChI is InChI=1S/C16H21FN2O2/c17-13-3-1-2-12-11(13)4-5-14(12)19-15(20)16(10-18)6-8-21-9-7-16/h1-3,14H,4-10,18H2,(H,19,20).